The molecule has 0 radical (unpaired) electrons. The number of hydrogen-bond donors (Lipinski definition) is 2. The van der Waals surface area contributed by atoms with Gasteiger partial charge in [-0.05, 0) is 51.1 Å². The van der Waals surface area contributed by atoms with E-state index in [2.05, 4.69) is 10.4 Å². The van der Waals surface area contributed by atoms with E-state index in [-0.39, 0.29) is 11.3 Å². The highest BCUT2D eigenvalue weighted by Crippen LogP contribution is 2.22. The summed E-state index contributed by atoms with van der Waals surface area (Å²) in [5.41, 5.74) is 0.491. The number of nitrogens with zero attached hydrogens (tertiary/aromatic N) is 2. The molecule has 2 N–H and O–H groups in total. The fraction of sp³-hybridized carbons (Fsp3) is 0.211. The van der Waals surface area contributed by atoms with Crippen molar-refractivity contribution in [3.05, 3.63) is 54.2 Å². The Labute approximate surface area is 150 Å². The zero-order valence-corrected chi connectivity index (χ0v) is 14.7. The fourth-order valence-electron chi connectivity index (χ4n) is 2.41. The molecule has 0 bridgehead atoms. The number of aromatic hydroxyl groups is 1. The van der Waals surface area contributed by atoms with Gasteiger partial charge in [0.15, 0.2) is 0 Å². The molecule has 3 rings (SSSR count). The first-order valence-electron chi connectivity index (χ1n) is 8.05. The number of anilines is 1. The van der Waals surface area contributed by atoms with E-state index in [4.69, 9.17) is 4.74 Å². The minimum Gasteiger partial charge on any atom is -0.507 e. The normalized spacial score (nSPS) is 11.3. The SMILES string of the molecule is CC(C)(C)OC(=O)n1ncc2ccc(NC(=O)c3ccccc3O)cc21. The Hall–Kier alpha value is -3.35. The van der Waals surface area contributed by atoms with Crippen molar-refractivity contribution in [2.45, 2.75) is 26.4 Å². The lowest BCUT2D eigenvalue weighted by Gasteiger charge is -2.19. The van der Waals surface area contributed by atoms with Crippen molar-refractivity contribution in [3.8, 4) is 5.75 Å². The third-order valence-corrected chi connectivity index (χ3v) is 3.54. The van der Waals surface area contributed by atoms with Gasteiger partial charge in [-0.15, -0.1) is 0 Å². The molecular formula is C19H19N3O4. The summed E-state index contributed by atoms with van der Waals surface area (Å²) < 4.78 is 6.49. The van der Waals surface area contributed by atoms with Crippen LogP contribution in [0.15, 0.2) is 48.7 Å². The fourth-order valence-corrected chi connectivity index (χ4v) is 2.41. The van der Waals surface area contributed by atoms with Crippen LogP contribution in [0.5, 0.6) is 5.75 Å². The van der Waals surface area contributed by atoms with Gasteiger partial charge in [-0.25, -0.2) is 4.79 Å². The van der Waals surface area contributed by atoms with E-state index in [0.717, 1.165) is 10.1 Å². The average Bonchev–Trinajstić information content (AvgIpc) is 2.97. The molecule has 0 atom stereocenters. The van der Waals surface area contributed by atoms with E-state index in [9.17, 15) is 14.7 Å². The maximum atomic E-state index is 12.3. The Balaban J connectivity index is 1.89. The van der Waals surface area contributed by atoms with Gasteiger partial charge in [-0.2, -0.15) is 9.78 Å². The van der Waals surface area contributed by atoms with Crippen LogP contribution in [0.2, 0.25) is 0 Å². The quantitative estimate of drug-likeness (QED) is 0.731. The van der Waals surface area contributed by atoms with E-state index in [1.165, 1.54) is 12.1 Å². The van der Waals surface area contributed by atoms with Crippen LogP contribution in [-0.2, 0) is 4.74 Å². The van der Waals surface area contributed by atoms with E-state index in [1.807, 2.05) is 0 Å². The molecule has 3 aromatic rings. The zero-order chi connectivity index (χ0) is 18.9. The van der Waals surface area contributed by atoms with Crippen molar-refractivity contribution in [3.63, 3.8) is 0 Å². The summed E-state index contributed by atoms with van der Waals surface area (Å²) >= 11 is 0. The number of para-hydroxylation sites is 1. The Morgan fingerprint density at radius 3 is 2.58 bits per heavy atom. The highest BCUT2D eigenvalue weighted by atomic mass is 16.6. The van der Waals surface area contributed by atoms with Crippen LogP contribution in [0, 0.1) is 0 Å². The number of hydrogen-bond acceptors (Lipinski definition) is 5. The first-order valence-corrected chi connectivity index (χ1v) is 8.05. The number of phenols is 1. The Morgan fingerprint density at radius 1 is 1.15 bits per heavy atom. The molecule has 2 aromatic carbocycles. The third-order valence-electron chi connectivity index (χ3n) is 3.54. The number of carbonyl (C=O) groups is 2. The standard InChI is InChI=1S/C19H19N3O4/c1-19(2,3)26-18(25)22-15-10-13(9-8-12(15)11-20-22)21-17(24)14-6-4-5-7-16(14)23/h4-11,23H,1-3H3,(H,21,24). The molecule has 1 heterocycles. The lowest BCUT2D eigenvalue weighted by atomic mass is 10.1. The average molecular weight is 353 g/mol. The predicted molar refractivity (Wildman–Crippen MR) is 97.4 cm³/mol. The molecule has 7 nitrogen and oxygen atoms in total. The second kappa shape index (κ2) is 6.51. The summed E-state index contributed by atoms with van der Waals surface area (Å²) in [6.45, 7) is 5.32. The minimum atomic E-state index is -0.647. The number of ether oxygens (including phenoxy) is 1. The van der Waals surface area contributed by atoms with Crippen LogP contribution in [0.4, 0.5) is 10.5 Å². The molecule has 1 aromatic heterocycles. The van der Waals surface area contributed by atoms with E-state index >= 15 is 0 Å². The van der Waals surface area contributed by atoms with Gasteiger partial charge in [0.25, 0.3) is 5.91 Å². The van der Waals surface area contributed by atoms with Gasteiger partial charge < -0.3 is 15.2 Å². The molecule has 1 amide bonds. The Kier molecular flexibility index (Phi) is 4.38. The molecule has 26 heavy (non-hydrogen) atoms. The van der Waals surface area contributed by atoms with E-state index in [1.54, 1.807) is 57.3 Å². The monoisotopic (exact) mass is 353 g/mol. The summed E-state index contributed by atoms with van der Waals surface area (Å²) in [5.74, 6) is -0.560. The molecule has 134 valence electrons. The zero-order valence-electron chi connectivity index (χ0n) is 14.7. The lowest BCUT2D eigenvalue weighted by molar-refractivity contribution is 0.0522. The smallest absolute Gasteiger partial charge is 0.435 e. The van der Waals surface area contributed by atoms with Crippen LogP contribution in [0.25, 0.3) is 10.9 Å². The first-order chi connectivity index (χ1) is 12.2. The summed E-state index contributed by atoms with van der Waals surface area (Å²) in [4.78, 5) is 24.6. The van der Waals surface area contributed by atoms with Crippen molar-refractivity contribution in [2.75, 3.05) is 5.32 Å². The first kappa shape index (κ1) is 17.5. The summed E-state index contributed by atoms with van der Waals surface area (Å²) in [6.07, 6.45) is 0.949. The van der Waals surface area contributed by atoms with Gasteiger partial charge in [-0.3, -0.25) is 4.79 Å². The van der Waals surface area contributed by atoms with Gasteiger partial charge in [0, 0.05) is 11.1 Å². The molecule has 0 unspecified atom stereocenters. The maximum Gasteiger partial charge on any atom is 0.435 e. The van der Waals surface area contributed by atoms with Gasteiger partial charge >= 0.3 is 6.09 Å². The van der Waals surface area contributed by atoms with Crippen molar-refractivity contribution in [1.82, 2.24) is 9.78 Å². The number of aromatic nitrogens is 2. The van der Waals surface area contributed by atoms with Gasteiger partial charge in [0.2, 0.25) is 0 Å². The number of amides is 1. The number of benzene rings is 2. The lowest BCUT2D eigenvalue weighted by Crippen LogP contribution is -2.27. The number of rotatable bonds is 2. The maximum absolute atomic E-state index is 12.3. The molecule has 0 spiro atoms. The summed E-state index contributed by atoms with van der Waals surface area (Å²) in [5, 5.41) is 17.3. The van der Waals surface area contributed by atoms with Crippen LogP contribution in [0.1, 0.15) is 31.1 Å². The Morgan fingerprint density at radius 2 is 1.88 bits per heavy atom. The van der Waals surface area contributed by atoms with Crippen LogP contribution < -0.4 is 5.32 Å². The second-order valence-corrected chi connectivity index (χ2v) is 6.78. The highest BCUT2D eigenvalue weighted by Gasteiger charge is 2.20. The van der Waals surface area contributed by atoms with Crippen molar-refractivity contribution >= 4 is 28.6 Å². The van der Waals surface area contributed by atoms with Gasteiger partial charge in [-0.1, -0.05) is 12.1 Å². The van der Waals surface area contributed by atoms with Crippen molar-refractivity contribution in [2.24, 2.45) is 0 Å². The van der Waals surface area contributed by atoms with Crippen LogP contribution >= 0.6 is 0 Å². The van der Waals surface area contributed by atoms with Crippen molar-refractivity contribution < 1.29 is 19.4 Å². The third kappa shape index (κ3) is 3.66. The largest absolute Gasteiger partial charge is 0.507 e. The number of phenolic OH excluding ortho intramolecular Hbond substituents is 1. The molecular weight excluding hydrogens is 334 g/mol. The van der Waals surface area contributed by atoms with Gasteiger partial charge in [0.05, 0.1) is 17.3 Å². The number of nitrogens with one attached hydrogen (secondary N) is 1. The minimum absolute atomic E-state index is 0.107. The molecule has 0 aliphatic heterocycles. The van der Waals surface area contributed by atoms with E-state index < -0.39 is 17.6 Å². The van der Waals surface area contributed by atoms with Crippen LogP contribution in [-0.4, -0.2) is 32.5 Å². The molecule has 0 aliphatic rings. The topological polar surface area (TPSA) is 93.5 Å². The molecule has 0 fully saturated rings. The molecule has 0 saturated carbocycles. The molecule has 7 heteroatoms. The summed E-state index contributed by atoms with van der Waals surface area (Å²) in [6, 6.07) is 11.3. The predicted octanol–water partition coefficient (Wildman–Crippen LogP) is 3.78. The summed E-state index contributed by atoms with van der Waals surface area (Å²) in [7, 11) is 0. The number of fused-ring (bicyclic) bond motifs is 1. The number of carbonyl (C=O) groups excluding carboxylic acids is 2. The Bertz CT molecular complexity index is 986. The second-order valence-electron chi connectivity index (χ2n) is 6.78. The molecule has 0 aliphatic carbocycles. The van der Waals surface area contributed by atoms with Gasteiger partial charge in [0.1, 0.15) is 11.4 Å². The highest BCUT2D eigenvalue weighted by molar-refractivity contribution is 6.07. The van der Waals surface area contributed by atoms with E-state index in [0.29, 0.717) is 11.2 Å². The van der Waals surface area contributed by atoms with Crippen molar-refractivity contribution in [1.29, 1.82) is 0 Å². The molecule has 0 saturated heterocycles. The van der Waals surface area contributed by atoms with Crippen LogP contribution in [0.3, 0.4) is 0 Å².